The Hall–Kier alpha value is -2.08. The van der Waals surface area contributed by atoms with E-state index in [1.54, 1.807) is 12.3 Å². The van der Waals surface area contributed by atoms with Gasteiger partial charge >= 0.3 is 0 Å². The van der Waals surface area contributed by atoms with Crippen molar-refractivity contribution < 1.29 is 9.53 Å². The lowest BCUT2D eigenvalue weighted by atomic mass is 9.86. The number of H-pyrrole nitrogens is 1. The fourth-order valence-electron chi connectivity index (χ4n) is 2.75. The molecule has 6 nitrogen and oxygen atoms in total. The SMILES string of the molecule is O=C(CC1(n2cccc2)CCOCC1)Nc1ccn[nH]1. The molecule has 1 amide bonds. The van der Waals surface area contributed by atoms with Crippen LogP contribution in [-0.2, 0) is 15.1 Å². The van der Waals surface area contributed by atoms with Crippen LogP contribution in [0.25, 0.3) is 0 Å². The van der Waals surface area contributed by atoms with Crippen molar-refractivity contribution in [2.75, 3.05) is 18.5 Å². The third kappa shape index (κ3) is 2.60. The van der Waals surface area contributed by atoms with Crippen molar-refractivity contribution in [1.82, 2.24) is 14.8 Å². The summed E-state index contributed by atoms with van der Waals surface area (Å²) in [5, 5.41) is 9.41. The Kier molecular flexibility index (Phi) is 3.56. The first-order valence-electron chi connectivity index (χ1n) is 6.79. The number of aromatic amines is 1. The van der Waals surface area contributed by atoms with E-state index in [0.717, 1.165) is 12.8 Å². The fourth-order valence-corrected chi connectivity index (χ4v) is 2.75. The van der Waals surface area contributed by atoms with Gasteiger partial charge in [-0.1, -0.05) is 0 Å². The molecule has 2 aromatic heterocycles. The molecule has 106 valence electrons. The normalized spacial score (nSPS) is 17.8. The monoisotopic (exact) mass is 274 g/mol. The van der Waals surface area contributed by atoms with Crippen molar-refractivity contribution in [3.63, 3.8) is 0 Å². The van der Waals surface area contributed by atoms with Crippen molar-refractivity contribution >= 4 is 11.7 Å². The molecule has 3 rings (SSSR count). The zero-order valence-corrected chi connectivity index (χ0v) is 11.2. The zero-order valence-electron chi connectivity index (χ0n) is 11.2. The Balaban J connectivity index is 1.75. The largest absolute Gasteiger partial charge is 0.381 e. The molecule has 6 heteroatoms. The molecule has 0 bridgehead atoms. The van der Waals surface area contributed by atoms with E-state index in [1.165, 1.54) is 0 Å². The van der Waals surface area contributed by atoms with Gasteiger partial charge in [-0.2, -0.15) is 5.10 Å². The Morgan fingerprint density at radius 1 is 1.40 bits per heavy atom. The summed E-state index contributed by atoms with van der Waals surface area (Å²) in [5.41, 5.74) is -0.189. The van der Waals surface area contributed by atoms with Crippen LogP contribution in [0.5, 0.6) is 0 Å². The minimum Gasteiger partial charge on any atom is -0.381 e. The van der Waals surface area contributed by atoms with E-state index in [2.05, 4.69) is 20.1 Å². The van der Waals surface area contributed by atoms with E-state index < -0.39 is 0 Å². The summed E-state index contributed by atoms with van der Waals surface area (Å²) < 4.78 is 7.59. The molecule has 0 spiro atoms. The molecule has 2 N–H and O–H groups in total. The summed E-state index contributed by atoms with van der Waals surface area (Å²) in [6.45, 7) is 1.38. The summed E-state index contributed by atoms with van der Waals surface area (Å²) in [6.07, 6.45) is 7.79. The van der Waals surface area contributed by atoms with Gasteiger partial charge in [0.2, 0.25) is 5.91 Å². The van der Waals surface area contributed by atoms with Crippen LogP contribution in [0.1, 0.15) is 19.3 Å². The quantitative estimate of drug-likeness (QED) is 0.892. The molecule has 20 heavy (non-hydrogen) atoms. The van der Waals surface area contributed by atoms with E-state index in [0.29, 0.717) is 25.5 Å². The average molecular weight is 274 g/mol. The number of amides is 1. The molecule has 3 heterocycles. The highest BCUT2D eigenvalue weighted by Crippen LogP contribution is 2.33. The number of nitrogens with one attached hydrogen (secondary N) is 2. The van der Waals surface area contributed by atoms with Crippen LogP contribution < -0.4 is 5.32 Å². The van der Waals surface area contributed by atoms with Gasteiger partial charge in [0.1, 0.15) is 5.82 Å². The predicted molar refractivity (Wildman–Crippen MR) is 74.3 cm³/mol. The number of rotatable bonds is 4. The van der Waals surface area contributed by atoms with Crippen molar-refractivity contribution in [1.29, 1.82) is 0 Å². The molecule has 0 radical (unpaired) electrons. The van der Waals surface area contributed by atoms with E-state index in [4.69, 9.17) is 4.74 Å². The van der Waals surface area contributed by atoms with Crippen LogP contribution in [-0.4, -0.2) is 33.9 Å². The Morgan fingerprint density at radius 2 is 2.15 bits per heavy atom. The second-order valence-corrected chi connectivity index (χ2v) is 5.12. The van der Waals surface area contributed by atoms with Crippen LogP contribution in [0.4, 0.5) is 5.82 Å². The summed E-state index contributed by atoms with van der Waals surface area (Å²) in [4.78, 5) is 12.3. The lowest BCUT2D eigenvalue weighted by molar-refractivity contribution is -0.119. The van der Waals surface area contributed by atoms with E-state index in [-0.39, 0.29) is 11.4 Å². The summed E-state index contributed by atoms with van der Waals surface area (Å²) >= 11 is 0. The van der Waals surface area contributed by atoms with Gasteiger partial charge in [-0.05, 0) is 25.0 Å². The van der Waals surface area contributed by atoms with Crippen LogP contribution in [0, 0.1) is 0 Å². The smallest absolute Gasteiger partial charge is 0.227 e. The fraction of sp³-hybridized carbons (Fsp3) is 0.429. The summed E-state index contributed by atoms with van der Waals surface area (Å²) in [5.74, 6) is 0.620. The Labute approximate surface area is 117 Å². The van der Waals surface area contributed by atoms with Gasteiger partial charge in [0.25, 0.3) is 0 Å². The zero-order chi connectivity index (χ0) is 13.8. The summed E-state index contributed by atoms with van der Waals surface area (Å²) in [7, 11) is 0. The lowest BCUT2D eigenvalue weighted by Crippen LogP contribution is -2.42. The molecule has 0 atom stereocenters. The van der Waals surface area contributed by atoms with Gasteiger partial charge in [0.15, 0.2) is 0 Å². The number of ether oxygens (including phenoxy) is 1. The van der Waals surface area contributed by atoms with Crippen molar-refractivity contribution in [2.24, 2.45) is 0 Å². The van der Waals surface area contributed by atoms with Gasteiger partial charge in [0, 0.05) is 31.7 Å². The highest BCUT2D eigenvalue weighted by atomic mass is 16.5. The maximum atomic E-state index is 12.3. The molecular weight excluding hydrogens is 256 g/mol. The van der Waals surface area contributed by atoms with Crippen molar-refractivity contribution in [3.8, 4) is 0 Å². The maximum absolute atomic E-state index is 12.3. The number of carbonyl (C=O) groups is 1. The lowest BCUT2D eigenvalue weighted by Gasteiger charge is -2.38. The molecule has 2 aromatic rings. The number of hydrogen-bond acceptors (Lipinski definition) is 3. The first-order chi connectivity index (χ1) is 9.78. The number of hydrogen-bond donors (Lipinski definition) is 2. The Bertz CT molecular complexity index is 542. The van der Waals surface area contributed by atoms with Gasteiger partial charge in [-0.25, -0.2) is 0 Å². The first kappa shape index (κ1) is 12.9. The standard InChI is InChI=1S/C14H18N4O2/c19-13(16-12-3-6-15-17-12)11-14(4-9-20-10-5-14)18-7-1-2-8-18/h1-3,6-8H,4-5,9-11H2,(H2,15,16,17,19). The minimum atomic E-state index is -0.189. The molecule has 1 aliphatic heterocycles. The minimum absolute atomic E-state index is 0.00940. The second kappa shape index (κ2) is 5.50. The number of nitrogens with zero attached hydrogens (tertiary/aromatic N) is 2. The molecule has 1 saturated heterocycles. The third-order valence-corrected chi connectivity index (χ3v) is 3.84. The van der Waals surface area contributed by atoms with E-state index in [1.807, 2.05) is 24.5 Å². The molecule has 0 unspecified atom stereocenters. The first-order valence-corrected chi connectivity index (χ1v) is 6.79. The van der Waals surface area contributed by atoms with E-state index >= 15 is 0 Å². The summed E-state index contributed by atoms with van der Waals surface area (Å²) in [6, 6.07) is 5.72. The molecule has 1 fully saturated rings. The highest BCUT2D eigenvalue weighted by molar-refractivity contribution is 5.90. The topological polar surface area (TPSA) is 71.9 Å². The van der Waals surface area contributed by atoms with Gasteiger partial charge in [0.05, 0.1) is 18.2 Å². The number of anilines is 1. The van der Waals surface area contributed by atoms with Gasteiger partial charge in [-0.15, -0.1) is 0 Å². The Morgan fingerprint density at radius 3 is 2.80 bits per heavy atom. The van der Waals surface area contributed by atoms with Gasteiger partial charge < -0.3 is 14.6 Å². The maximum Gasteiger partial charge on any atom is 0.227 e. The molecule has 0 aromatic carbocycles. The average Bonchev–Trinajstić information content (AvgIpc) is 3.12. The molecular formula is C14H18N4O2. The van der Waals surface area contributed by atoms with Gasteiger partial charge in [-0.3, -0.25) is 9.89 Å². The molecule has 0 aliphatic carbocycles. The number of aromatic nitrogens is 3. The molecule has 0 saturated carbocycles. The van der Waals surface area contributed by atoms with Crippen molar-refractivity contribution in [3.05, 3.63) is 36.8 Å². The van der Waals surface area contributed by atoms with Crippen LogP contribution >= 0.6 is 0 Å². The van der Waals surface area contributed by atoms with E-state index in [9.17, 15) is 4.79 Å². The molecule has 1 aliphatic rings. The number of carbonyl (C=O) groups excluding carboxylic acids is 1. The van der Waals surface area contributed by atoms with Crippen LogP contribution in [0.15, 0.2) is 36.8 Å². The van der Waals surface area contributed by atoms with Crippen molar-refractivity contribution in [2.45, 2.75) is 24.8 Å². The highest BCUT2D eigenvalue weighted by Gasteiger charge is 2.36. The third-order valence-electron chi connectivity index (χ3n) is 3.84. The van der Waals surface area contributed by atoms with Crippen LogP contribution in [0.3, 0.4) is 0 Å². The van der Waals surface area contributed by atoms with Crippen LogP contribution in [0.2, 0.25) is 0 Å². The predicted octanol–water partition coefficient (Wildman–Crippen LogP) is 1.75. The second-order valence-electron chi connectivity index (χ2n) is 5.12.